The Balaban J connectivity index is 2.88. The van der Waals surface area contributed by atoms with Crippen LogP contribution < -0.4 is 4.74 Å². The van der Waals surface area contributed by atoms with Gasteiger partial charge in [-0.05, 0) is 20.8 Å². The van der Waals surface area contributed by atoms with E-state index in [-0.39, 0.29) is 6.10 Å². The zero-order valence-electron chi connectivity index (χ0n) is 8.17. The Kier molecular flexibility index (Phi) is 3.72. The van der Waals surface area contributed by atoms with Crippen LogP contribution in [0.2, 0.25) is 0 Å². The minimum absolute atomic E-state index is 0.213. The molecule has 0 N–H and O–H groups in total. The van der Waals surface area contributed by atoms with Gasteiger partial charge in [0.1, 0.15) is 5.75 Å². The number of aromatic nitrogens is 1. The van der Waals surface area contributed by atoms with Crippen LogP contribution in [0.1, 0.15) is 25.2 Å². The molecule has 0 amide bonds. The lowest BCUT2D eigenvalue weighted by Crippen LogP contribution is -2.06. The van der Waals surface area contributed by atoms with Gasteiger partial charge in [-0.15, -0.1) is 0 Å². The summed E-state index contributed by atoms with van der Waals surface area (Å²) in [6, 6.07) is 3.91. The molecular formula is C10H14BrNO. The van der Waals surface area contributed by atoms with Crippen molar-refractivity contribution in [3.63, 3.8) is 0 Å². The molecule has 0 unspecified atom stereocenters. The molecule has 0 aliphatic carbocycles. The average Bonchev–Trinajstić information content (AvgIpc) is 2.01. The Hall–Kier alpha value is -0.570. The molecule has 0 radical (unpaired) electrons. The minimum atomic E-state index is 0.213. The fourth-order valence-electron chi connectivity index (χ4n) is 1.11. The number of ether oxygens (including phenoxy) is 1. The van der Waals surface area contributed by atoms with Gasteiger partial charge in [-0.1, -0.05) is 15.9 Å². The zero-order chi connectivity index (χ0) is 9.84. The van der Waals surface area contributed by atoms with Crippen LogP contribution in [0.5, 0.6) is 5.75 Å². The van der Waals surface area contributed by atoms with E-state index in [0.29, 0.717) is 0 Å². The average molecular weight is 244 g/mol. The van der Waals surface area contributed by atoms with Gasteiger partial charge in [0.2, 0.25) is 0 Å². The van der Waals surface area contributed by atoms with E-state index in [1.54, 1.807) is 0 Å². The highest BCUT2D eigenvalue weighted by Crippen LogP contribution is 2.16. The van der Waals surface area contributed by atoms with Crippen LogP contribution in [0.3, 0.4) is 0 Å². The second-order valence-electron chi connectivity index (χ2n) is 3.24. The normalized spacial score (nSPS) is 10.5. The van der Waals surface area contributed by atoms with Crippen LogP contribution in [0.25, 0.3) is 0 Å². The molecule has 0 saturated carbocycles. The number of hydrogen-bond donors (Lipinski definition) is 0. The number of alkyl halides is 1. The van der Waals surface area contributed by atoms with Crippen LogP contribution >= 0.6 is 15.9 Å². The predicted molar refractivity (Wildman–Crippen MR) is 57.4 cm³/mol. The maximum atomic E-state index is 5.58. The fourth-order valence-corrected chi connectivity index (χ4v) is 1.40. The molecule has 3 heteroatoms. The summed E-state index contributed by atoms with van der Waals surface area (Å²) < 4.78 is 5.58. The Bertz CT molecular complexity index is 286. The van der Waals surface area contributed by atoms with E-state index >= 15 is 0 Å². The highest BCUT2D eigenvalue weighted by atomic mass is 79.9. The zero-order valence-corrected chi connectivity index (χ0v) is 9.76. The van der Waals surface area contributed by atoms with E-state index in [2.05, 4.69) is 20.9 Å². The van der Waals surface area contributed by atoms with Crippen molar-refractivity contribution in [3.05, 3.63) is 23.5 Å². The first-order valence-electron chi connectivity index (χ1n) is 4.32. The van der Waals surface area contributed by atoms with Gasteiger partial charge in [0.15, 0.2) is 0 Å². The quantitative estimate of drug-likeness (QED) is 0.762. The van der Waals surface area contributed by atoms with Gasteiger partial charge in [-0.2, -0.15) is 0 Å². The number of halogens is 1. The maximum Gasteiger partial charge on any atom is 0.123 e. The SMILES string of the molecule is Cc1cc(OC(C)C)cc(CBr)n1. The molecule has 0 atom stereocenters. The summed E-state index contributed by atoms with van der Waals surface area (Å²) in [5, 5.41) is 0.767. The van der Waals surface area contributed by atoms with Crippen molar-refractivity contribution in [2.24, 2.45) is 0 Å². The smallest absolute Gasteiger partial charge is 0.123 e. The Morgan fingerprint density at radius 2 is 2.15 bits per heavy atom. The third-order valence-electron chi connectivity index (χ3n) is 1.49. The lowest BCUT2D eigenvalue weighted by Gasteiger charge is -2.10. The van der Waals surface area contributed by atoms with E-state index < -0.39 is 0 Å². The Morgan fingerprint density at radius 3 is 2.69 bits per heavy atom. The van der Waals surface area contributed by atoms with Crippen LogP contribution in [0.15, 0.2) is 12.1 Å². The van der Waals surface area contributed by atoms with Crippen molar-refractivity contribution in [3.8, 4) is 5.75 Å². The van der Waals surface area contributed by atoms with Gasteiger partial charge >= 0.3 is 0 Å². The van der Waals surface area contributed by atoms with E-state index in [1.807, 2.05) is 32.9 Å². The number of rotatable bonds is 3. The third kappa shape index (κ3) is 3.35. The molecule has 0 aromatic carbocycles. The highest BCUT2D eigenvalue weighted by molar-refractivity contribution is 9.08. The van der Waals surface area contributed by atoms with Crippen LogP contribution in [-0.2, 0) is 5.33 Å². The molecule has 2 nitrogen and oxygen atoms in total. The summed E-state index contributed by atoms with van der Waals surface area (Å²) in [6.45, 7) is 6.01. The standard InChI is InChI=1S/C10H14BrNO/c1-7(2)13-10-4-8(3)12-9(5-10)6-11/h4-5,7H,6H2,1-3H3. The number of hydrogen-bond acceptors (Lipinski definition) is 2. The molecule has 0 saturated heterocycles. The lowest BCUT2D eigenvalue weighted by molar-refractivity contribution is 0.242. The Morgan fingerprint density at radius 1 is 1.46 bits per heavy atom. The molecule has 13 heavy (non-hydrogen) atoms. The van der Waals surface area contributed by atoms with Gasteiger partial charge in [0, 0.05) is 23.2 Å². The largest absolute Gasteiger partial charge is 0.491 e. The van der Waals surface area contributed by atoms with Crippen LogP contribution in [0.4, 0.5) is 0 Å². The van der Waals surface area contributed by atoms with Crippen molar-refractivity contribution in [2.45, 2.75) is 32.2 Å². The fraction of sp³-hybridized carbons (Fsp3) is 0.500. The van der Waals surface area contributed by atoms with E-state index in [9.17, 15) is 0 Å². The second kappa shape index (κ2) is 4.61. The Labute approximate surface area is 87.5 Å². The van der Waals surface area contributed by atoms with Gasteiger partial charge in [0.25, 0.3) is 0 Å². The molecule has 1 aromatic heterocycles. The molecular weight excluding hydrogens is 230 g/mol. The molecule has 1 rings (SSSR count). The maximum absolute atomic E-state index is 5.58. The van der Waals surface area contributed by atoms with Gasteiger partial charge in [-0.25, -0.2) is 0 Å². The lowest BCUT2D eigenvalue weighted by atomic mass is 10.3. The van der Waals surface area contributed by atoms with Crippen molar-refractivity contribution < 1.29 is 4.74 Å². The number of aryl methyl sites for hydroxylation is 1. The molecule has 1 heterocycles. The van der Waals surface area contributed by atoms with Gasteiger partial charge < -0.3 is 4.74 Å². The summed E-state index contributed by atoms with van der Waals surface area (Å²) in [6.07, 6.45) is 0.213. The second-order valence-corrected chi connectivity index (χ2v) is 3.80. The van der Waals surface area contributed by atoms with E-state index in [0.717, 1.165) is 22.5 Å². The number of pyridine rings is 1. The first-order chi connectivity index (χ1) is 6.11. The molecule has 0 spiro atoms. The summed E-state index contributed by atoms with van der Waals surface area (Å²) >= 11 is 3.37. The number of nitrogens with zero attached hydrogens (tertiary/aromatic N) is 1. The first kappa shape index (κ1) is 10.5. The topological polar surface area (TPSA) is 22.1 Å². The van der Waals surface area contributed by atoms with E-state index in [4.69, 9.17) is 4.74 Å². The summed E-state index contributed by atoms with van der Waals surface area (Å²) in [4.78, 5) is 4.33. The third-order valence-corrected chi connectivity index (χ3v) is 2.06. The predicted octanol–water partition coefficient (Wildman–Crippen LogP) is 3.07. The van der Waals surface area contributed by atoms with Gasteiger partial charge in [-0.3, -0.25) is 4.98 Å². The minimum Gasteiger partial charge on any atom is -0.491 e. The van der Waals surface area contributed by atoms with Crippen molar-refractivity contribution in [1.82, 2.24) is 4.98 Å². The van der Waals surface area contributed by atoms with Crippen molar-refractivity contribution in [1.29, 1.82) is 0 Å². The van der Waals surface area contributed by atoms with E-state index in [1.165, 1.54) is 0 Å². The molecule has 0 aliphatic heterocycles. The monoisotopic (exact) mass is 243 g/mol. The molecule has 72 valence electrons. The summed E-state index contributed by atoms with van der Waals surface area (Å²) in [7, 11) is 0. The molecule has 0 fully saturated rings. The van der Waals surface area contributed by atoms with Gasteiger partial charge in [0.05, 0.1) is 11.8 Å². The van der Waals surface area contributed by atoms with Crippen molar-refractivity contribution in [2.75, 3.05) is 0 Å². The molecule has 0 aliphatic rings. The van der Waals surface area contributed by atoms with Crippen LogP contribution in [0, 0.1) is 6.92 Å². The highest BCUT2D eigenvalue weighted by Gasteiger charge is 2.01. The van der Waals surface area contributed by atoms with Crippen molar-refractivity contribution >= 4 is 15.9 Å². The molecule has 1 aromatic rings. The molecule has 0 bridgehead atoms. The first-order valence-corrected chi connectivity index (χ1v) is 5.44. The summed E-state index contributed by atoms with van der Waals surface area (Å²) in [5.74, 6) is 0.900. The summed E-state index contributed by atoms with van der Waals surface area (Å²) in [5.41, 5.74) is 2.00. The van der Waals surface area contributed by atoms with Crippen LogP contribution in [-0.4, -0.2) is 11.1 Å².